The van der Waals surface area contributed by atoms with Gasteiger partial charge in [-0.25, -0.2) is 0 Å². The maximum Gasteiger partial charge on any atom is 0.160 e. The minimum atomic E-state index is -0.150. The summed E-state index contributed by atoms with van der Waals surface area (Å²) in [5.41, 5.74) is 8.85. The topological polar surface area (TPSA) is 106 Å². The number of hydrogen-bond donors (Lipinski definition) is 0. The van der Waals surface area contributed by atoms with Crippen LogP contribution in [-0.4, -0.2) is 34.7 Å². The van der Waals surface area contributed by atoms with Crippen molar-refractivity contribution in [3.63, 3.8) is 0 Å². The van der Waals surface area contributed by atoms with Crippen molar-refractivity contribution in [2.45, 2.75) is 41.5 Å². The van der Waals surface area contributed by atoms with Gasteiger partial charge in [0.25, 0.3) is 0 Å². The number of anilines is 3. The Morgan fingerprint density at radius 2 is 0.473 bits per heavy atom. The van der Waals surface area contributed by atoms with E-state index in [-0.39, 0.29) is 34.7 Å². The van der Waals surface area contributed by atoms with Crippen molar-refractivity contribution in [3.8, 4) is 33.4 Å². The molecule has 272 valence electrons. The van der Waals surface area contributed by atoms with Crippen molar-refractivity contribution in [2.75, 3.05) is 4.90 Å². The number of benzene rings is 6. The minimum absolute atomic E-state index is 0.150. The summed E-state index contributed by atoms with van der Waals surface area (Å²) >= 11 is 0. The normalized spacial score (nSPS) is 10.8. The largest absolute Gasteiger partial charge is 0.311 e. The summed E-state index contributed by atoms with van der Waals surface area (Å²) in [4.78, 5) is 78.0. The Bertz CT molecular complexity index is 2150. The molecule has 0 heterocycles. The molecule has 0 bridgehead atoms. The molecule has 0 amide bonds. The molecule has 6 aromatic carbocycles. The molecule has 0 spiro atoms. The zero-order chi connectivity index (χ0) is 39.6. The highest BCUT2D eigenvalue weighted by atomic mass is 16.1. The van der Waals surface area contributed by atoms with Gasteiger partial charge in [0.15, 0.2) is 34.7 Å². The van der Waals surface area contributed by atoms with Crippen molar-refractivity contribution in [1.29, 1.82) is 0 Å². The zero-order valence-corrected chi connectivity index (χ0v) is 31.5. The molecule has 0 aliphatic rings. The highest BCUT2D eigenvalue weighted by Crippen LogP contribution is 2.40. The monoisotopic (exact) mass is 725 g/mol. The van der Waals surface area contributed by atoms with Crippen LogP contribution in [0.3, 0.4) is 0 Å². The molecule has 0 saturated heterocycles. The van der Waals surface area contributed by atoms with E-state index < -0.39 is 0 Å². The summed E-state index contributed by atoms with van der Waals surface area (Å²) in [5, 5.41) is 0. The van der Waals surface area contributed by atoms with E-state index in [1.807, 2.05) is 77.7 Å². The highest BCUT2D eigenvalue weighted by molar-refractivity contribution is 6.11. The van der Waals surface area contributed by atoms with Crippen LogP contribution in [0.15, 0.2) is 127 Å². The van der Waals surface area contributed by atoms with Gasteiger partial charge in [0, 0.05) is 67.1 Å². The molecule has 0 fully saturated rings. The Labute approximate surface area is 320 Å². The van der Waals surface area contributed by atoms with Crippen LogP contribution in [0.1, 0.15) is 104 Å². The zero-order valence-electron chi connectivity index (χ0n) is 31.5. The fourth-order valence-electron chi connectivity index (χ4n) is 7.13. The number of carbonyl (C=O) groups excluding carboxylic acids is 6. The third-order valence-electron chi connectivity index (χ3n) is 9.71. The van der Waals surface area contributed by atoms with E-state index in [4.69, 9.17) is 0 Å². The Kier molecular flexibility index (Phi) is 10.8. The highest BCUT2D eigenvalue weighted by Gasteiger charge is 2.22. The summed E-state index contributed by atoms with van der Waals surface area (Å²) in [5.74, 6) is -0.903. The molecule has 0 aliphatic carbocycles. The van der Waals surface area contributed by atoms with Crippen LogP contribution in [0.25, 0.3) is 33.4 Å². The summed E-state index contributed by atoms with van der Waals surface area (Å²) in [7, 11) is 0. The molecule has 0 aliphatic heterocycles. The van der Waals surface area contributed by atoms with Gasteiger partial charge in [-0.15, -0.1) is 0 Å². The van der Waals surface area contributed by atoms with Gasteiger partial charge in [0.05, 0.1) is 0 Å². The van der Waals surface area contributed by atoms with Gasteiger partial charge in [-0.2, -0.15) is 0 Å². The lowest BCUT2D eigenvalue weighted by Crippen LogP contribution is -2.10. The quantitative estimate of drug-likeness (QED) is 0.116. The smallest absolute Gasteiger partial charge is 0.160 e. The number of Topliss-reactive ketones (excluding diaryl/α,β-unsaturated/α-hetero) is 6. The lowest BCUT2D eigenvalue weighted by atomic mass is 9.90. The Balaban J connectivity index is 1.51. The van der Waals surface area contributed by atoms with Gasteiger partial charge in [-0.05, 0) is 94.6 Å². The minimum Gasteiger partial charge on any atom is -0.311 e. The van der Waals surface area contributed by atoms with Gasteiger partial charge in [0.2, 0.25) is 0 Å². The molecule has 55 heavy (non-hydrogen) atoms. The van der Waals surface area contributed by atoms with E-state index >= 15 is 0 Å². The molecule has 0 N–H and O–H groups in total. The fourth-order valence-corrected chi connectivity index (χ4v) is 7.13. The first-order chi connectivity index (χ1) is 26.3. The summed E-state index contributed by atoms with van der Waals surface area (Å²) < 4.78 is 0. The van der Waals surface area contributed by atoms with Gasteiger partial charge in [0.1, 0.15) is 0 Å². The third-order valence-corrected chi connectivity index (χ3v) is 9.71. The van der Waals surface area contributed by atoms with Crippen molar-refractivity contribution in [3.05, 3.63) is 161 Å². The molecular weight excluding hydrogens is 687 g/mol. The predicted octanol–water partition coefficient (Wildman–Crippen LogP) is 11.4. The van der Waals surface area contributed by atoms with Crippen LogP contribution in [0.4, 0.5) is 17.1 Å². The standard InChI is InChI=1S/C48H39NO6/c1-28(50)40-10-7-11-41(29(2)51)46(40)34-16-22-37(23-17-34)49(38-24-18-35(19-25-38)47-42(30(3)52)12-8-13-43(47)31(4)53)39-26-20-36(21-27-39)48-44(32(5)54)14-9-15-45(48)33(6)55/h7-27H,1-6H3. The van der Waals surface area contributed by atoms with Gasteiger partial charge in [-0.3, -0.25) is 28.8 Å². The lowest BCUT2D eigenvalue weighted by molar-refractivity contribution is 0.0999. The SMILES string of the molecule is CC(=O)c1cccc(C(C)=O)c1-c1ccc(N(c2ccc(-c3c(C(C)=O)cccc3C(C)=O)cc2)c2ccc(-c3c(C(C)=O)cccc3C(C)=O)cc2)cc1. The Hall–Kier alpha value is -6.86. The molecular formula is C48H39NO6. The average molecular weight is 726 g/mol. The first kappa shape index (κ1) is 37.9. The molecule has 0 aromatic heterocycles. The molecule has 6 aromatic rings. The molecule has 0 saturated carbocycles. The van der Waals surface area contributed by atoms with Gasteiger partial charge in [-0.1, -0.05) is 91.0 Å². The second-order valence-corrected chi connectivity index (χ2v) is 13.5. The van der Waals surface area contributed by atoms with Crippen LogP contribution in [-0.2, 0) is 0 Å². The van der Waals surface area contributed by atoms with E-state index in [9.17, 15) is 28.8 Å². The molecule has 7 nitrogen and oxygen atoms in total. The van der Waals surface area contributed by atoms with Crippen molar-refractivity contribution < 1.29 is 28.8 Å². The Morgan fingerprint density at radius 3 is 0.636 bits per heavy atom. The van der Waals surface area contributed by atoms with Crippen LogP contribution in [0.2, 0.25) is 0 Å². The Morgan fingerprint density at radius 1 is 0.291 bits per heavy atom. The van der Waals surface area contributed by atoms with Gasteiger partial charge >= 0.3 is 0 Å². The van der Waals surface area contributed by atoms with Crippen LogP contribution in [0, 0.1) is 0 Å². The second-order valence-electron chi connectivity index (χ2n) is 13.5. The van der Waals surface area contributed by atoms with Crippen molar-refractivity contribution in [1.82, 2.24) is 0 Å². The number of hydrogen-bond acceptors (Lipinski definition) is 7. The molecule has 0 radical (unpaired) electrons. The summed E-state index contributed by atoms with van der Waals surface area (Å²) in [6.07, 6.45) is 0. The van der Waals surface area contributed by atoms with Crippen LogP contribution in [0.5, 0.6) is 0 Å². The maximum absolute atomic E-state index is 12.7. The average Bonchev–Trinajstić information content (AvgIpc) is 3.17. The first-order valence-electron chi connectivity index (χ1n) is 17.8. The van der Waals surface area contributed by atoms with E-state index in [1.165, 1.54) is 41.5 Å². The molecule has 7 heteroatoms. The number of carbonyl (C=O) groups is 6. The maximum atomic E-state index is 12.7. The van der Waals surface area contributed by atoms with Gasteiger partial charge < -0.3 is 4.90 Å². The van der Waals surface area contributed by atoms with Crippen molar-refractivity contribution >= 4 is 51.8 Å². The first-order valence-corrected chi connectivity index (χ1v) is 17.8. The molecule has 6 rings (SSSR count). The third kappa shape index (κ3) is 7.50. The molecule has 0 unspecified atom stereocenters. The summed E-state index contributed by atoms with van der Waals surface area (Å²) in [6.45, 7) is 8.88. The van der Waals surface area contributed by atoms with E-state index in [0.29, 0.717) is 66.8 Å². The van der Waals surface area contributed by atoms with Crippen LogP contribution >= 0.6 is 0 Å². The van der Waals surface area contributed by atoms with E-state index in [0.717, 1.165) is 17.1 Å². The van der Waals surface area contributed by atoms with Crippen molar-refractivity contribution in [2.24, 2.45) is 0 Å². The summed E-state index contributed by atoms with van der Waals surface area (Å²) in [6, 6.07) is 38.2. The van der Waals surface area contributed by atoms with E-state index in [2.05, 4.69) is 0 Å². The van der Waals surface area contributed by atoms with E-state index in [1.54, 1.807) is 54.6 Å². The fraction of sp³-hybridized carbons (Fsp3) is 0.125. The number of nitrogens with zero attached hydrogens (tertiary/aromatic N) is 1. The number of ketones is 6. The lowest BCUT2D eigenvalue weighted by Gasteiger charge is -2.26. The predicted molar refractivity (Wildman–Crippen MR) is 217 cm³/mol. The molecule has 0 atom stereocenters. The second kappa shape index (κ2) is 15.6. The number of rotatable bonds is 12. The van der Waals surface area contributed by atoms with Crippen LogP contribution < -0.4 is 4.90 Å².